The van der Waals surface area contributed by atoms with E-state index in [4.69, 9.17) is 0 Å². The van der Waals surface area contributed by atoms with Gasteiger partial charge in [0.1, 0.15) is 5.52 Å². The number of nitrogens with one attached hydrogen (secondary N) is 1. The fourth-order valence-corrected chi connectivity index (χ4v) is 4.83. The number of fused-ring (bicyclic) bond motifs is 1. The number of rotatable bonds is 7. The van der Waals surface area contributed by atoms with Crippen molar-refractivity contribution < 1.29 is 23.1 Å². The van der Waals surface area contributed by atoms with Gasteiger partial charge in [-0.25, -0.2) is 14.8 Å². The molecule has 2 N–H and O–H groups in total. The number of hydrogen-bond donors (Lipinski definition) is 2. The number of halogens is 3. The van der Waals surface area contributed by atoms with Crippen LogP contribution in [0.1, 0.15) is 53.5 Å². The van der Waals surface area contributed by atoms with E-state index in [9.17, 15) is 23.1 Å². The molecule has 0 spiro atoms. The summed E-state index contributed by atoms with van der Waals surface area (Å²) in [5, 5.41) is 13.1. The van der Waals surface area contributed by atoms with Crippen LogP contribution in [0, 0.1) is 12.8 Å². The minimum Gasteiger partial charge on any atom is -0.475 e. The molecule has 4 aromatic rings. The first-order valence-corrected chi connectivity index (χ1v) is 12.2. The van der Waals surface area contributed by atoms with E-state index in [-0.39, 0.29) is 18.4 Å². The summed E-state index contributed by atoms with van der Waals surface area (Å²) in [5.41, 5.74) is 3.73. The number of carboxylic acids is 1. The van der Waals surface area contributed by atoms with Gasteiger partial charge in [-0.1, -0.05) is 42.3 Å². The topological polar surface area (TPSA) is 80.0 Å². The molecule has 1 aliphatic rings. The van der Waals surface area contributed by atoms with E-state index in [2.05, 4.69) is 22.2 Å². The molecule has 2 heterocycles. The van der Waals surface area contributed by atoms with E-state index in [1.165, 1.54) is 12.1 Å². The Balaban J connectivity index is 1.68. The van der Waals surface area contributed by atoms with Crippen LogP contribution in [0.3, 0.4) is 0 Å². The zero-order valence-corrected chi connectivity index (χ0v) is 20.5. The largest absolute Gasteiger partial charge is 0.475 e. The van der Waals surface area contributed by atoms with Gasteiger partial charge in [0.2, 0.25) is 5.82 Å². The van der Waals surface area contributed by atoms with Gasteiger partial charge in [0.25, 0.3) is 0 Å². The minimum atomic E-state index is -4.42. The molecule has 0 radical (unpaired) electrons. The second-order valence-corrected chi connectivity index (χ2v) is 9.74. The van der Waals surface area contributed by atoms with Gasteiger partial charge in [0, 0.05) is 12.6 Å². The molecule has 0 aliphatic heterocycles. The predicted octanol–water partition coefficient (Wildman–Crippen LogP) is 6.77. The van der Waals surface area contributed by atoms with Crippen LogP contribution in [-0.4, -0.2) is 31.7 Å². The van der Waals surface area contributed by atoms with Crippen LogP contribution in [0.4, 0.5) is 19.0 Å². The molecule has 1 aliphatic carbocycles. The molecule has 0 amide bonds. The number of carboxylic acid groups (broad SMARTS) is 1. The minimum absolute atomic E-state index is 0.0744. The molecule has 2 aromatic heterocycles. The fraction of sp³-hybridized carbons (Fsp3) is 0.321. The maximum atomic E-state index is 13.1. The van der Waals surface area contributed by atoms with Crippen molar-refractivity contribution in [3.05, 3.63) is 77.1 Å². The average Bonchev–Trinajstić information content (AvgIpc) is 3.16. The molecular formula is C28H27F3N4O2. The van der Waals surface area contributed by atoms with E-state index in [0.29, 0.717) is 28.3 Å². The smallest absolute Gasteiger partial charge is 0.416 e. The highest BCUT2D eigenvalue weighted by Crippen LogP contribution is 2.36. The third-order valence-corrected chi connectivity index (χ3v) is 7.09. The third kappa shape index (κ3) is 5.03. The summed E-state index contributed by atoms with van der Waals surface area (Å²) in [5.74, 6) is -0.660. The van der Waals surface area contributed by atoms with Crippen LogP contribution in [0.25, 0.3) is 22.3 Å². The van der Waals surface area contributed by atoms with Gasteiger partial charge >= 0.3 is 12.1 Å². The molecule has 6 nitrogen and oxygen atoms in total. The number of alkyl halides is 3. The van der Waals surface area contributed by atoms with Crippen molar-refractivity contribution in [1.29, 1.82) is 0 Å². The van der Waals surface area contributed by atoms with Crippen LogP contribution in [0.15, 0.2) is 54.6 Å². The highest BCUT2D eigenvalue weighted by atomic mass is 19.4. The number of carbonyl (C=O) groups is 1. The number of nitrogens with zero attached hydrogens (tertiary/aromatic N) is 3. The molecule has 0 bridgehead atoms. The normalized spacial score (nSPS) is 14.9. The maximum Gasteiger partial charge on any atom is 0.416 e. The third-order valence-electron chi connectivity index (χ3n) is 7.09. The second-order valence-electron chi connectivity index (χ2n) is 9.74. The molecule has 1 atom stereocenters. The van der Waals surface area contributed by atoms with Gasteiger partial charge in [-0.15, -0.1) is 0 Å². The Morgan fingerprint density at radius 1 is 1.14 bits per heavy atom. The molecule has 2 aromatic carbocycles. The van der Waals surface area contributed by atoms with Crippen LogP contribution in [-0.2, 0) is 12.7 Å². The van der Waals surface area contributed by atoms with Crippen molar-refractivity contribution >= 4 is 22.8 Å². The van der Waals surface area contributed by atoms with Gasteiger partial charge < -0.3 is 15.0 Å². The summed E-state index contributed by atoms with van der Waals surface area (Å²) in [6, 6.07) is 14.8. The highest BCUT2D eigenvalue weighted by Gasteiger charge is 2.30. The summed E-state index contributed by atoms with van der Waals surface area (Å²) in [7, 11) is 0. The Morgan fingerprint density at radius 2 is 1.86 bits per heavy atom. The van der Waals surface area contributed by atoms with E-state index < -0.39 is 17.7 Å². The van der Waals surface area contributed by atoms with E-state index in [1.54, 1.807) is 0 Å². The molecule has 192 valence electrons. The van der Waals surface area contributed by atoms with Crippen molar-refractivity contribution in [3.63, 3.8) is 0 Å². The standard InChI is InChI=1S/C28H27F3N4O2/c1-16-5-3-8-20(13-16)23-14-22-24(35(23)15-18-9-11-21(12-10-18)28(29,30)31)25(34-26(33-22)27(36)37)32-17(2)19-6-4-7-19/h3,5,8-14,17,19H,4,6-7,15H2,1-2H3,(H,36,37)(H,32,33,34). The van der Waals surface area contributed by atoms with Crippen LogP contribution >= 0.6 is 0 Å². The molecule has 9 heteroatoms. The van der Waals surface area contributed by atoms with E-state index in [0.717, 1.165) is 48.2 Å². The first-order valence-electron chi connectivity index (χ1n) is 12.2. The quantitative estimate of drug-likeness (QED) is 0.288. The Kier molecular flexibility index (Phi) is 6.39. The molecule has 1 saturated carbocycles. The number of anilines is 1. The Labute approximate surface area is 212 Å². The predicted molar refractivity (Wildman–Crippen MR) is 136 cm³/mol. The summed E-state index contributed by atoms with van der Waals surface area (Å²) >= 11 is 0. The van der Waals surface area contributed by atoms with Crippen molar-refractivity contribution in [2.45, 2.75) is 51.9 Å². The molecule has 5 rings (SSSR count). The zero-order valence-electron chi connectivity index (χ0n) is 20.5. The van der Waals surface area contributed by atoms with E-state index >= 15 is 0 Å². The lowest BCUT2D eigenvalue weighted by molar-refractivity contribution is -0.137. The average molecular weight is 509 g/mol. The fourth-order valence-electron chi connectivity index (χ4n) is 4.83. The van der Waals surface area contributed by atoms with Gasteiger partial charge in [0.15, 0.2) is 5.82 Å². The number of benzene rings is 2. The first-order chi connectivity index (χ1) is 17.6. The lowest BCUT2D eigenvalue weighted by Gasteiger charge is -2.32. The summed E-state index contributed by atoms with van der Waals surface area (Å²) in [4.78, 5) is 20.5. The van der Waals surface area contributed by atoms with Crippen LogP contribution in [0.2, 0.25) is 0 Å². The zero-order chi connectivity index (χ0) is 26.3. The van der Waals surface area contributed by atoms with Crippen LogP contribution in [0.5, 0.6) is 0 Å². The SMILES string of the molecule is Cc1cccc(-c2cc3nc(C(=O)O)nc(NC(C)C4CCC4)c3n2Cc2ccc(C(F)(F)F)cc2)c1. The Morgan fingerprint density at radius 3 is 2.46 bits per heavy atom. The van der Waals surface area contributed by atoms with Gasteiger partial charge in [-0.3, -0.25) is 0 Å². The van der Waals surface area contributed by atoms with Crippen molar-refractivity contribution in [2.75, 3.05) is 5.32 Å². The monoisotopic (exact) mass is 508 g/mol. The number of aryl methyl sites for hydroxylation is 1. The van der Waals surface area contributed by atoms with Crippen molar-refractivity contribution in [3.8, 4) is 11.3 Å². The van der Waals surface area contributed by atoms with Crippen molar-refractivity contribution in [2.24, 2.45) is 5.92 Å². The number of aromatic carboxylic acids is 1. The number of aromatic nitrogens is 3. The lowest BCUT2D eigenvalue weighted by Crippen LogP contribution is -2.31. The van der Waals surface area contributed by atoms with Crippen molar-refractivity contribution in [1.82, 2.24) is 14.5 Å². The molecular weight excluding hydrogens is 481 g/mol. The summed E-state index contributed by atoms with van der Waals surface area (Å²) in [6.45, 7) is 4.29. The molecule has 37 heavy (non-hydrogen) atoms. The van der Waals surface area contributed by atoms with Gasteiger partial charge in [-0.2, -0.15) is 13.2 Å². The Bertz CT molecular complexity index is 1460. The molecule has 1 fully saturated rings. The summed E-state index contributed by atoms with van der Waals surface area (Å²) < 4.78 is 41.3. The van der Waals surface area contributed by atoms with Gasteiger partial charge in [-0.05, 0) is 68.0 Å². The van der Waals surface area contributed by atoms with Crippen LogP contribution < -0.4 is 5.32 Å². The molecule has 0 saturated heterocycles. The Hall–Kier alpha value is -3.88. The molecule has 1 unspecified atom stereocenters. The maximum absolute atomic E-state index is 13.1. The first kappa shape index (κ1) is 24.8. The number of hydrogen-bond acceptors (Lipinski definition) is 4. The second kappa shape index (κ2) is 9.53. The lowest BCUT2D eigenvalue weighted by atomic mass is 9.80. The summed E-state index contributed by atoms with van der Waals surface area (Å²) in [6.07, 6.45) is -1.07. The van der Waals surface area contributed by atoms with Gasteiger partial charge in [0.05, 0.1) is 16.8 Å². The highest BCUT2D eigenvalue weighted by molar-refractivity contribution is 5.95. The van der Waals surface area contributed by atoms with E-state index in [1.807, 2.05) is 41.8 Å².